The normalized spacial score (nSPS) is 10.7. The first-order valence-corrected chi connectivity index (χ1v) is 6.85. The van der Waals surface area contributed by atoms with E-state index in [-0.39, 0.29) is 0 Å². The molecule has 1 aromatic rings. The highest BCUT2D eigenvalue weighted by molar-refractivity contribution is 7.99. The summed E-state index contributed by atoms with van der Waals surface area (Å²) < 4.78 is 10.3. The molecule has 2 N–H and O–H groups in total. The molecule has 0 saturated heterocycles. The van der Waals surface area contributed by atoms with E-state index in [0.29, 0.717) is 13.2 Å². The summed E-state index contributed by atoms with van der Waals surface area (Å²) >= 11 is 7.61. The first kappa shape index (κ1) is 14.6. The molecule has 0 aromatic heterocycles. The van der Waals surface area contributed by atoms with Crippen molar-refractivity contribution in [3.05, 3.63) is 23.2 Å². The number of hydrogen-bond acceptors (Lipinski definition) is 4. The second-order valence-electron chi connectivity index (χ2n) is 3.49. The number of anilines is 1. The van der Waals surface area contributed by atoms with E-state index < -0.39 is 0 Å². The molecule has 0 aliphatic rings. The molecule has 0 bridgehead atoms. The van der Waals surface area contributed by atoms with Crippen LogP contribution in [0.5, 0.6) is 0 Å². The Hall–Kier alpha value is -0.420. The molecule has 0 heterocycles. The van der Waals surface area contributed by atoms with Gasteiger partial charge in [-0.15, -0.1) is 11.8 Å². The minimum atomic E-state index is 0.647. The molecule has 0 radical (unpaired) electrons. The van der Waals surface area contributed by atoms with Crippen LogP contribution in [0.15, 0.2) is 23.1 Å². The van der Waals surface area contributed by atoms with E-state index >= 15 is 0 Å². The second-order valence-corrected chi connectivity index (χ2v) is 5.06. The Morgan fingerprint density at radius 1 is 1.29 bits per heavy atom. The Morgan fingerprint density at radius 2 is 2.12 bits per heavy atom. The minimum Gasteiger partial charge on any atom is -0.398 e. The van der Waals surface area contributed by atoms with E-state index in [2.05, 4.69) is 0 Å². The average Bonchev–Trinajstić information content (AvgIpc) is 2.32. The molecule has 0 saturated carbocycles. The standard InChI is InChI=1S/C12H18ClNO2S/c1-15-6-7-16-5-2-8-17-12-9-10(13)3-4-11(12)14/h3-4,9H,2,5-8,14H2,1H3. The van der Waals surface area contributed by atoms with Gasteiger partial charge in [-0.2, -0.15) is 0 Å². The Morgan fingerprint density at radius 3 is 2.88 bits per heavy atom. The van der Waals surface area contributed by atoms with E-state index in [0.717, 1.165) is 34.4 Å². The SMILES string of the molecule is COCCOCCCSc1cc(Cl)ccc1N. The van der Waals surface area contributed by atoms with Crippen LogP contribution in [0.25, 0.3) is 0 Å². The van der Waals surface area contributed by atoms with Crippen molar-refractivity contribution in [1.29, 1.82) is 0 Å². The van der Waals surface area contributed by atoms with Crippen molar-refractivity contribution in [2.45, 2.75) is 11.3 Å². The Labute approximate surface area is 112 Å². The fourth-order valence-corrected chi connectivity index (χ4v) is 2.38. The van der Waals surface area contributed by atoms with Crippen molar-refractivity contribution in [3.8, 4) is 0 Å². The molecule has 1 rings (SSSR count). The molecule has 5 heteroatoms. The molecule has 0 aliphatic carbocycles. The zero-order valence-corrected chi connectivity index (χ0v) is 11.5. The Kier molecular flexibility index (Phi) is 7.44. The third kappa shape index (κ3) is 6.17. The quantitative estimate of drug-likeness (QED) is 0.450. The summed E-state index contributed by atoms with van der Waals surface area (Å²) in [6.45, 7) is 2.05. The summed E-state index contributed by atoms with van der Waals surface area (Å²) in [5, 5.41) is 0.720. The largest absolute Gasteiger partial charge is 0.398 e. The molecule has 0 spiro atoms. The first-order chi connectivity index (χ1) is 8.24. The van der Waals surface area contributed by atoms with E-state index in [9.17, 15) is 0 Å². The Balaban J connectivity index is 2.15. The van der Waals surface area contributed by atoms with Crippen molar-refractivity contribution in [2.75, 3.05) is 38.4 Å². The predicted octanol–water partition coefficient (Wildman–Crippen LogP) is 3.07. The number of nitrogens with two attached hydrogens (primary N) is 1. The van der Waals surface area contributed by atoms with Gasteiger partial charge in [-0.3, -0.25) is 0 Å². The molecule has 0 unspecified atom stereocenters. The maximum absolute atomic E-state index is 5.91. The molecular weight excluding hydrogens is 258 g/mol. The third-order valence-corrected chi connectivity index (χ3v) is 3.49. The van der Waals surface area contributed by atoms with E-state index in [1.165, 1.54) is 0 Å². The number of halogens is 1. The summed E-state index contributed by atoms with van der Waals surface area (Å²) in [5.41, 5.74) is 6.62. The monoisotopic (exact) mass is 275 g/mol. The molecule has 0 atom stereocenters. The second kappa shape index (κ2) is 8.64. The van der Waals surface area contributed by atoms with Crippen LogP contribution >= 0.6 is 23.4 Å². The van der Waals surface area contributed by atoms with Gasteiger partial charge in [0.2, 0.25) is 0 Å². The molecule has 96 valence electrons. The minimum absolute atomic E-state index is 0.647. The molecule has 3 nitrogen and oxygen atoms in total. The molecule has 0 fully saturated rings. The maximum atomic E-state index is 5.91. The van der Waals surface area contributed by atoms with Crippen molar-refractivity contribution < 1.29 is 9.47 Å². The van der Waals surface area contributed by atoms with Crippen LogP contribution in [-0.2, 0) is 9.47 Å². The highest BCUT2D eigenvalue weighted by Gasteiger charge is 2.00. The molecular formula is C12H18ClNO2S. The third-order valence-electron chi connectivity index (χ3n) is 2.10. The van der Waals surface area contributed by atoms with E-state index in [1.54, 1.807) is 24.9 Å². The van der Waals surface area contributed by atoms with E-state index in [4.69, 9.17) is 26.8 Å². The van der Waals surface area contributed by atoms with Crippen LogP contribution in [0.4, 0.5) is 5.69 Å². The zero-order valence-electron chi connectivity index (χ0n) is 9.95. The number of thioether (sulfide) groups is 1. The van der Waals surface area contributed by atoms with Crippen LogP contribution in [0, 0.1) is 0 Å². The highest BCUT2D eigenvalue weighted by Crippen LogP contribution is 2.28. The zero-order chi connectivity index (χ0) is 12.5. The van der Waals surface area contributed by atoms with Gasteiger partial charge in [0.15, 0.2) is 0 Å². The summed E-state index contributed by atoms with van der Waals surface area (Å²) in [6, 6.07) is 5.53. The van der Waals surface area contributed by atoms with Gasteiger partial charge in [0.1, 0.15) is 0 Å². The van der Waals surface area contributed by atoms with Gasteiger partial charge in [0.25, 0.3) is 0 Å². The van der Waals surface area contributed by atoms with Crippen LogP contribution < -0.4 is 5.73 Å². The van der Waals surface area contributed by atoms with Crippen molar-refractivity contribution in [3.63, 3.8) is 0 Å². The average molecular weight is 276 g/mol. The lowest BCUT2D eigenvalue weighted by Gasteiger charge is -2.06. The number of hydrogen-bond donors (Lipinski definition) is 1. The number of nitrogen functional groups attached to an aromatic ring is 1. The topological polar surface area (TPSA) is 44.5 Å². The van der Waals surface area contributed by atoms with Gasteiger partial charge >= 0.3 is 0 Å². The van der Waals surface area contributed by atoms with Gasteiger partial charge in [0, 0.05) is 35.1 Å². The summed E-state index contributed by atoms with van der Waals surface area (Å²) in [5.74, 6) is 0.970. The maximum Gasteiger partial charge on any atom is 0.0700 e. The van der Waals surface area contributed by atoms with Gasteiger partial charge in [-0.25, -0.2) is 0 Å². The smallest absolute Gasteiger partial charge is 0.0700 e. The highest BCUT2D eigenvalue weighted by atomic mass is 35.5. The van der Waals surface area contributed by atoms with Crippen molar-refractivity contribution in [2.24, 2.45) is 0 Å². The summed E-state index contributed by atoms with van der Waals surface area (Å²) in [7, 11) is 1.67. The summed E-state index contributed by atoms with van der Waals surface area (Å²) in [4.78, 5) is 1.04. The van der Waals surface area contributed by atoms with Crippen molar-refractivity contribution >= 4 is 29.1 Å². The van der Waals surface area contributed by atoms with Crippen LogP contribution in [-0.4, -0.2) is 32.7 Å². The fraction of sp³-hybridized carbons (Fsp3) is 0.500. The molecule has 17 heavy (non-hydrogen) atoms. The van der Waals surface area contributed by atoms with Crippen LogP contribution in [0.1, 0.15) is 6.42 Å². The molecule has 0 aliphatic heterocycles. The number of benzene rings is 1. The number of ether oxygens (including phenoxy) is 2. The van der Waals surface area contributed by atoms with E-state index in [1.807, 2.05) is 12.1 Å². The summed E-state index contributed by atoms with van der Waals surface area (Å²) in [6.07, 6.45) is 0.986. The van der Waals surface area contributed by atoms with Gasteiger partial charge in [0.05, 0.1) is 13.2 Å². The molecule has 1 aromatic carbocycles. The number of rotatable bonds is 8. The predicted molar refractivity (Wildman–Crippen MR) is 73.9 cm³/mol. The van der Waals surface area contributed by atoms with Gasteiger partial charge in [-0.1, -0.05) is 11.6 Å². The first-order valence-electron chi connectivity index (χ1n) is 5.48. The fourth-order valence-electron chi connectivity index (χ4n) is 1.22. The van der Waals surface area contributed by atoms with Crippen LogP contribution in [0.3, 0.4) is 0 Å². The number of methoxy groups -OCH3 is 1. The lowest BCUT2D eigenvalue weighted by molar-refractivity contribution is 0.0713. The molecule has 0 amide bonds. The van der Waals surface area contributed by atoms with Gasteiger partial charge in [-0.05, 0) is 24.6 Å². The van der Waals surface area contributed by atoms with Crippen molar-refractivity contribution in [1.82, 2.24) is 0 Å². The lowest BCUT2D eigenvalue weighted by atomic mass is 10.3. The van der Waals surface area contributed by atoms with Crippen LogP contribution in [0.2, 0.25) is 5.02 Å². The Bertz CT molecular complexity index is 336. The lowest BCUT2D eigenvalue weighted by Crippen LogP contribution is -2.03. The van der Waals surface area contributed by atoms with Gasteiger partial charge < -0.3 is 15.2 Å².